The van der Waals surface area contributed by atoms with Crippen molar-refractivity contribution in [3.63, 3.8) is 0 Å². The number of hydrogen-bond donors (Lipinski definition) is 1. The van der Waals surface area contributed by atoms with E-state index in [0.29, 0.717) is 5.69 Å². The number of aromatic nitrogens is 1. The highest BCUT2D eigenvalue weighted by Gasteiger charge is 2.42. The maximum absolute atomic E-state index is 12.5. The van der Waals surface area contributed by atoms with Crippen LogP contribution in [0.15, 0.2) is 29.6 Å². The van der Waals surface area contributed by atoms with E-state index in [0.717, 1.165) is 43.7 Å². The van der Waals surface area contributed by atoms with Gasteiger partial charge in [0, 0.05) is 24.4 Å². The summed E-state index contributed by atoms with van der Waals surface area (Å²) in [7, 11) is 0. The van der Waals surface area contributed by atoms with Gasteiger partial charge in [-0.15, -0.1) is 11.3 Å². The molecule has 25 heavy (non-hydrogen) atoms. The first-order chi connectivity index (χ1) is 12.1. The van der Waals surface area contributed by atoms with Crippen LogP contribution < -0.4 is 5.32 Å². The van der Waals surface area contributed by atoms with E-state index < -0.39 is 0 Å². The maximum Gasteiger partial charge on any atom is 0.270 e. The maximum atomic E-state index is 12.5. The van der Waals surface area contributed by atoms with Crippen molar-refractivity contribution in [1.82, 2.24) is 10.3 Å². The van der Waals surface area contributed by atoms with Crippen molar-refractivity contribution in [2.75, 3.05) is 6.61 Å². The molecule has 2 heterocycles. The van der Waals surface area contributed by atoms with Crippen LogP contribution in [0.2, 0.25) is 0 Å². The lowest BCUT2D eigenvalue weighted by molar-refractivity contribution is -0.134. The lowest BCUT2D eigenvalue weighted by Crippen LogP contribution is -2.52. The van der Waals surface area contributed by atoms with Gasteiger partial charge in [-0.05, 0) is 44.6 Å². The number of ether oxygens (including phenoxy) is 1. The van der Waals surface area contributed by atoms with Crippen LogP contribution in [0.1, 0.15) is 58.7 Å². The lowest BCUT2D eigenvalue weighted by Gasteiger charge is -2.47. The first-order valence-electron chi connectivity index (χ1n) is 9.07. The molecule has 2 fully saturated rings. The quantitative estimate of drug-likeness (QED) is 0.905. The number of carbonyl (C=O) groups excluding carboxylic acids is 1. The molecule has 1 amide bonds. The van der Waals surface area contributed by atoms with Crippen LogP contribution in [-0.4, -0.2) is 29.1 Å². The van der Waals surface area contributed by atoms with Crippen molar-refractivity contribution in [3.05, 3.63) is 51.5 Å². The number of nitrogens with one attached hydrogen (secondary N) is 1. The minimum absolute atomic E-state index is 0.0484. The van der Waals surface area contributed by atoms with Crippen LogP contribution in [0.5, 0.6) is 0 Å². The molecule has 1 unspecified atom stereocenters. The topological polar surface area (TPSA) is 51.2 Å². The molecular weight excluding hydrogens is 332 g/mol. The summed E-state index contributed by atoms with van der Waals surface area (Å²) in [5.41, 5.74) is 3.07. The predicted molar refractivity (Wildman–Crippen MR) is 99.1 cm³/mol. The van der Waals surface area contributed by atoms with E-state index in [1.807, 2.05) is 5.38 Å². The third-order valence-corrected chi connectivity index (χ3v) is 6.20. The second-order valence-corrected chi connectivity index (χ2v) is 8.28. The lowest BCUT2D eigenvalue weighted by atomic mass is 9.74. The molecule has 0 bridgehead atoms. The second kappa shape index (κ2) is 6.89. The standard InChI is InChI=1S/C20H24N2O2S/c1-14-3-5-15(6-4-14)11-18-22-17(13-25-18)19(23)21-16-7-10-24-20(12-16)8-2-9-20/h3-6,13,16H,2,7-12H2,1H3,(H,21,23). The van der Waals surface area contributed by atoms with Gasteiger partial charge in [-0.3, -0.25) is 4.79 Å². The van der Waals surface area contributed by atoms with Gasteiger partial charge in [0.05, 0.1) is 10.6 Å². The summed E-state index contributed by atoms with van der Waals surface area (Å²) in [4.78, 5) is 17.1. The van der Waals surface area contributed by atoms with Crippen molar-refractivity contribution < 1.29 is 9.53 Å². The SMILES string of the molecule is Cc1ccc(Cc2nc(C(=O)NC3CCOC4(CCC4)C3)cs2)cc1. The van der Waals surface area contributed by atoms with E-state index in [-0.39, 0.29) is 17.6 Å². The Morgan fingerprint density at radius 2 is 2.16 bits per heavy atom. The Hall–Kier alpha value is -1.72. The van der Waals surface area contributed by atoms with Crippen LogP contribution in [0.25, 0.3) is 0 Å². The van der Waals surface area contributed by atoms with Crippen molar-refractivity contribution in [2.24, 2.45) is 0 Å². The van der Waals surface area contributed by atoms with Gasteiger partial charge in [-0.2, -0.15) is 0 Å². The van der Waals surface area contributed by atoms with Gasteiger partial charge in [0.1, 0.15) is 5.69 Å². The fourth-order valence-electron chi connectivity index (χ4n) is 3.71. The van der Waals surface area contributed by atoms with Gasteiger partial charge in [-0.25, -0.2) is 4.98 Å². The van der Waals surface area contributed by atoms with E-state index >= 15 is 0 Å². The molecule has 1 aliphatic heterocycles. The summed E-state index contributed by atoms with van der Waals surface area (Å²) in [6.45, 7) is 2.83. The Bertz CT molecular complexity index is 749. The molecule has 1 atom stereocenters. The van der Waals surface area contributed by atoms with E-state index in [4.69, 9.17) is 4.74 Å². The Kier molecular flexibility index (Phi) is 4.61. The fourth-order valence-corrected chi connectivity index (χ4v) is 4.52. The first-order valence-corrected chi connectivity index (χ1v) is 9.95. The highest BCUT2D eigenvalue weighted by atomic mass is 32.1. The summed E-state index contributed by atoms with van der Waals surface area (Å²) >= 11 is 1.56. The zero-order chi connectivity index (χ0) is 17.3. The number of amides is 1. The fraction of sp³-hybridized carbons (Fsp3) is 0.500. The van der Waals surface area contributed by atoms with Gasteiger partial charge in [0.2, 0.25) is 0 Å². The van der Waals surface area contributed by atoms with Crippen LogP contribution in [0, 0.1) is 6.92 Å². The number of aryl methyl sites for hydroxylation is 1. The molecule has 2 aromatic rings. The van der Waals surface area contributed by atoms with Gasteiger partial charge < -0.3 is 10.1 Å². The Balaban J connectivity index is 1.36. The summed E-state index contributed by atoms with van der Waals surface area (Å²) < 4.78 is 5.93. The smallest absolute Gasteiger partial charge is 0.270 e. The zero-order valence-corrected chi connectivity index (χ0v) is 15.4. The van der Waals surface area contributed by atoms with Crippen LogP contribution in [-0.2, 0) is 11.2 Å². The summed E-state index contributed by atoms with van der Waals surface area (Å²) in [5.74, 6) is -0.0484. The number of thiazole rings is 1. The Morgan fingerprint density at radius 1 is 1.36 bits per heavy atom. The molecule has 1 saturated heterocycles. The molecule has 132 valence electrons. The molecule has 4 rings (SSSR count). The average molecular weight is 356 g/mol. The largest absolute Gasteiger partial charge is 0.375 e. The van der Waals surface area contributed by atoms with Gasteiger partial charge in [0.25, 0.3) is 5.91 Å². The van der Waals surface area contributed by atoms with E-state index in [1.54, 1.807) is 11.3 Å². The van der Waals surface area contributed by atoms with Crippen molar-refractivity contribution in [2.45, 2.75) is 57.1 Å². The minimum atomic E-state index is -0.0484. The van der Waals surface area contributed by atoms with E-state index in [1.165, 1.54) is 17.5 Å². The molecule has 1 saturated carbocycles. The molecule has 1 aromatic heterocycles. The Labute approximate surface area is 152 Å². The monoisotopic (exact) mass is 356 g/mol. The van der Waals surface area contributed by atoms with Crippen LogP contribution >= 0.6 is 11.3 Å². The molecule has 4 nitrogen and oxygen atoms in total. The third-order valence-electron chi connectivity index (χ3n) is 5.35. The number of hydrogen-bond acceptors (Lipinski definition) is 4. The van der Waals surface area contributed by atoms with Crippen molar-refractivity contribution in [1.29, 1.82) is 0 Å². The van der Waals surface area contributed by atoms with Crippen molar-refractivity contribution >= 4 is 17.2 Å². The average Bonchev–Trinajstić information content (AvgIpc) is 3.04. The molecule has 1 aromatic carbocycles. The first kappa shape index (κ1) is 16.7. The van der Waals surface area contributed by atoms with E-state index in [2.05, 4.69) is 41.5 Å². The number of rotatable bonds is 4. The summed E-state index contributed by atoms with van der Waals surface area (Å²) in [5, 5.41) is 6.02. The minimum Gasteiger partial charge on any atom is -0.375 e. The molecular formula is C20H24N2O2S. The van der Waals surface area contributed by atoms with Gasteiger partial charge in [0.15, 0.2) is 0 Å². The zero-order valence-electron chi connectivity index (χ0n) is 14.6. The highest BCUT2D eigenvalue weighted by Crippen LogP contribution is 2.42. The van der Waals surface area contributed by atoms with Crippen LogP contribution in [0.3, 0.4) is 0 Å². The molecule has 1 aliphatic carbocycles. The highest BCUT2D eigenvalue weighted by molar-refractivity contribution is 7.09. The van der Waals surface area contributed by atoms with Crippen molar-refractivity contribution in [3.8, 4) is 0 Å². The number of benzene rings is 1. The molecule has 0 radical (unpaired) electrons. The predicted octanol–water partition coefficient (Wildman–Crippen LogP) is 3.87. The van der Waals surface area contributed by atoms with E-state index in [9.17, 15) is 4.79 Å². The molecule has 1 spiro atoms. The Morgan fingerprint density at radius 3 is 2.88 bits per heavy atom. The van der Waals surface area contributed by atoms with Crippen LogP contribution in [0.4, 0.5) is 0 Å². The summed E-state index contributed by atoms with van der Waals surface area (Å²) in [6.07, 6.45) is 6.13. The number of carbonyl (C=O) groups is 1. The molecule has 1 N–H and O–H groups in total. The van der Waals surface area contributed by atoms with Gasteiger partial charge >= 0.3 is 0 Å². The number of nitrogens with zero attached hydrogens (tertiary/aromatic N) is 1. The summed E-state index contributed by atoms with van der Waals surface area (Å²) in [6, 6.07) is 8.67. The third kappa shape index (κ3) is 3.77. The normalized spacial score (nSPS) is 21.7. The molecule has 5 heteroatoms. The molecule has 2 aliphatic rings. The van der Waals surface area contributed by atoms with Gasteiger partial charge in [-0.1, -0.05) is 29.8 Å². The second-order valence-electron chi connectivity index (χ2n) is 7.34.